The molecule has 118 valence electrons. The number of carbonyl (C=O) groups excluding carboxylic acids is 1. The van der Waals surface area contributed by atoms with E-state index in [-0.39, 0.29) is 12.4 Å². The fraction of sp³-hybridized carbons (Fsp3) is 0.500. The Morgan fingerprint density at radius 2 is 2.29 bits per heavy atom. The Morgan fingerprint density at radius 3 is 2.86 bits per heavy atom. The number of hydrogen-bond acceptors (Lipinski definition) is 3. The third-order valence-corrected chi connectivity index (χ3v) is 4.25. The molecule has 1 fully saturated rings. The number of benzene rings is 1. The van der Waals surface area contributed by atoms with Crippen LogP contribution in [-0.4, -0.2) is 37.0 Å². The van der Waals surface area contributed by atoms with Crippen LogP contribution in [0.4, 0.5) is 4.39 Å². The maximum Gasteiger partial charge on any atom is 0.239 e. The highest BCUT2D eigenvalue weighted by molar-refractivity contribution is 9.10. The number of nitrogens with one attached hydrogen (secondary N) is 1. The third-order valence-electron chi connectivity index (χ3n) is 3.75. The Labute approximate surface area is 138 Å². The standard InChI is InChI=1S/C14H19BrFN3O.ClH/c1-18-10-3-2-6-19(8-10)13(14(17)20)11-5-4-9(15)7-12(11)16;/h4-5,7,10,13,18H,2-3,6,8H2,1H3,(H2,17,20);1H. The smallest absolute Gasteiger partial charge is 0.239 e. The second-order valence-corrected chi connectivity index (χ2v) is 6.01. The summed E-state index contributed by atoms with van der Waals surface area (Å²) in [6.45, 7) is 1.45. The predicted molar refractivity (Wildman–Crippen MR) is 86.9 cm³/mol. The summed E-state index contributed by atoms with van der Waals surface area (Å²) in [4.78, 5) is 13.8. The van der Waals surface area contributed by atoms with Gasteiger partial charge in [0.25, 0.3) is 0 Å². The molecule has 0 spiro atoms. The van der Waals surface area contributed by atoms with Gasteiger partial charge in [0, 0.05) is 22.6 Å². The average molecular weight is 381 g/mol. The Morgan fingerprint density at radius 1 is 1.57 bits per heavy atom. The first-order valence-electron chi connectivity index (χ1n) is 6.68. The lowest BCUT2D eigenvalue weighted by molar-refractivity contribution is -0.124. The number of hydrogen-bond donors (Lipinski definition) is 2. The summed E-state index contributed by atoms with van der Waals surface area (Å²) in [5.74, 6) is -0.919. The van der Waals surface area contributed by atoms with Crippen LogP contribution in [-0.2, 0) is 4.79 Å². The van der Waals surface area contributed by atoms with Crippen LogP contribution in [0.25, 0.3) is 0 Å². The van der Waals surface area contributed by atoms with Crippen molar-refractivity contribution in [3.8, 4) is 0 Å². The van der Waals surface area contributed by atoms with Crippen LogP contribution in [0.2, 0.25) is 0 Å². The van der Waals surface area contributed by atoms with Gasteiger partial charge in [-0.05, 0) is 38.6 Å². The largest absolute Gasteiger partial charge is 0.368 e. The van der Waals surface area contributed by atoms with Crippen LogP contribution in [0.3, 0.4) is 0 Å². The number of nitrogens with zero attached hydrogens (tertiary/aromatic N) is 1. The molecule has 0 bridgehead atoms. The van der Waals surface area contributed by atoms with Crippen molar-refractivity contribution in [3.05, 3.63) is 34.1 Å². The lowest BCUT2D eigenvalue weighted by Crippen LogP contribution is -2.49. The summed E-state index contributed by atoms with van der Waals surface area (Å²) in [5.41, 5.74) is 5.86. The van der Waals surface area contributed by atoms with Crippen LogP contribution in [0.15, 0.2) is 22.7 Å². The fourth-order valence-electron chi connectivity index (χ4n) is 2.73. The number of primary amides is 1. The van der Waals surface area contributed by atoms with E-state index < -0.39 is 17.8 Å². The first-order valence-corrected chi connectivity index (χ1v) is 7.47. The van der Waals surface area contributed by atoms with Gasteiger partial charge in [-0.2, -0.15) is 0 Å². The molecule has 1 aliphatic rings. The molecule has 1 amide bonds. The fourth-order valence-corrected chi connectivity index (χ4v) is 3.06. The van der Waals surface area contributed by atoms with Crippen molar-refractivity contribution in [2.24, 2.45) is 5.73 Å². The molecule has 1 aromatic carbocycles. The number of nitrogens with two attached hydrogens (primary N) is 1. The van der Waals surface area contributed by atoms with E-state index >= 15 is 0 Å². The van der Waals surface area contributed by atoms with Crippen LogP contribution in [0.1, 0.15) is 24.4 Å². The maximum absolute atomic E-state index is 14.1. The maximum atomic E-state index is 14.1. The first kappa shape index (κ1) is 18.4. The van der Waals surface area contributed by atoms with Crippen LogP contribution in [0.5, 0.6) is 0 Å². The number of likely N-dealkylation sites (N-methyl/N-ethyl adjacent to an activating group) is 1. The molecule has 21 heavy (non-hydrogen) atoms. The Balaban J connectivity index is 0.00000220. The normalized spacial score (nSPS) is 20.6. The number of piperidine rings is 1. The molecular weight excluding hydrogens is 361 g/mol. The molecule has 1 heterocycles. The van der Waals surface area contributed by atoms with Gasteiger partial charge < -0.3 is 11.1 Å². The van der Waals surface area contributed by atoms with E-state index in [9.17, 15) is 9.18 Å². The molecule has 0 radical (unpaired) electrons. The predicted octanol–water partition coefficient (Wildman–Crippen LogP) is 2.22. The van der Waals surface area contributed by atoms with Gasteiger partial charge in [-0.25, -0.2) is 4.39 Å². The number of amides is 1. The summed E-state index contributed by atoms with van der Waals surface area (Å²) in [5, 5.41) is 3.21. The van der Waals surface area contributed by atoms with Gasteiger partial charge in [0.15, 0.2) is 0 Å². The molecule has 2 unspecified atom stereocenters. The number of halogens is 3. The van der Waals surface area contributed by atoms with E-state index in [0.717, 1.165) is 19.4 Å². The molecule has 2 atom stereocenters. The van der Waals surface area contributed by atoms with Crippen molar-refractivity contribution >= 4 is 34.2 Å². The van der Waals surface area contributed by atoms with Crippen molar-refractivity contribution in [1.82, 2.24) is 10.2 Å². The highest BCUT2D eigenvalue weighted by Crippen LogP contribution is 2.28. The summed E-state index contributed by atoms with van der Waals surface area (Å²) in [6, 6.07) is 4.32. The van der Waals surface area contributed by atoms with Crippen molar-refractivity contribution in [1.29, 1.82) is 0 Å². The molecule has 0 aromatic heterocycles. The summed E-state index contributed by atoms with van der Waals surface area (Å²) >= 11 is 3.22. The van der Waals surface area contributed by atoms with Crippen LogP contribution >= 0.6 is 28.3 Å². The molecule has 0 saturated carbocycles. The van der Waals surface area contributed by atoms with Gasteiger partial charge in [-0.15, -0.1) is 12.4 Å². The molecular formula is C14H20BrClFN3O. The van der Waals surface area contributed by atoms with Crippen molar-refractivity contribution in [3.63, 3.8) is 0 Å². The molecule has 1 aromatic rings. The quantitative estimate of drug-likeness (QED) is 0.842. The van der Waals surface area contributed by atoms with Gasteiger partial charge in [-0.3, -0.25) is 9.69 Å². The van der Waals surface area contributed by atoms with Crippen molar-refractivity contribution in [2.75, 3.05) is 20.1 Å². The zero-order valence-corrected chi connectivity index (χ0v) is 14.2. The second kappa shape index (κ2) is 8.08. The van der Waals surface area contributed by atoms with E-state index in [2.05, 4.69) is 21.2 Å². The Hall–Kier alpha value is -0.690. The monoisotopic (exact) mass is 379 g/mol. The Kier molecular flexibility index (Phi) is 7.06. The van der Waals surface area contributed by atoms with Crippen LogP contribution in [0, 0.1) is 5.82 Å². The minimum atomic E-state index is -0.709. The molecule has 2 rings (SSSR count). The lowest BCUT2D eigenvalue weighted by Gasteiger charge is -2.37. The number of likely N-dealkylation sites (tertiary alicyclic amines) is 1. The van der Waals surface area contributed by atoms with E-state index in [0.29, 0.717) is 22.6 Å². The summed E-state index contributed by atoms with van der Waals surface area (Å²) in [6.07, 6.45) is 2.02. The molecule has 1 saturated heterocycles. The molecule has 3 N–H and O–H groups in total. The van der Waals surface area contributed by atoms with Gasteiger partial charge in [0.2, 0.25) is 5.91 Å². The van der Waals surface area contributed by atoms with E-state index in [1.54, 1.807) is 12.1 Å². The first-order chi connectivity index (χ1) is 9.52. The van der Waals surface area contributed by atoms with Crippen molar-refractivity contribution in [2.45, 2.75) is 24.9 Å². The summed E-state index contributed by atoms with van der Waals surface area (Å²) < 4.78 is 14.8. The molecule has 0 aliphatic carbocycles. The van der Waals surface area contributed by atoms with Crippen LogP contribution < -0.4 is 11.1 Å². The third kappa shape index (κ3) is 4.39. The molecule has 4 nitrogen and oxygen atoms in total. The zero-order valence-electron chi connectivity index (χ0n) is 11.8. The van der Waals surface area contributed by atoms with E-state index in [1.165, 1.54) is 6.07 Å². The molecule has 7 heteroatoms. The second-order valence-electron chi connectivity index (χ2n) is 5.09. The van der Waals surface area contributed by atoms with Gasteiger partial charge in [0.1, 0.15) is 11.9 Å². The topological polar surface area (TPSA) is 58.4 Å². The minimum absolute atomic E-state index is 0. The SMILES string of the molecule is CNC1CCCN(C(C(N)=O)c2ccc(Br)cc2F)C1.Cl. The van der Waals surface area contributed by atoms with Gasteiger partial charge >= 0.3 is 0 Å². The average Bonchev–Trinajstić information content (AvgIpc) is 2.41. The van der Waals surface area contributed by atoms with Gasteiger partial charge in [0.05, 0.1) is 0 Å². The van der Waals surface area contributed by atoms with E-state index in [1.807, 2.05) is 11.9 Å². The Bertz CT molecular complexity index is 503. The van der Waals surface area contributed by atoms with E-state index in [4.69, 9.17) is 5.73 Å². The van der Waals surface area contributed by atoms with Gasteiger partial charge in [-0.1, -0.05) is 22.0 Å². The number of carbonyl (C=O) groups is 1. The summed E-state index contributed by atoms with van der Waals surface area (Å²) in [7, 11) is 1.90. The zero-order chi connectivity index (χ0) is 14.7. The molecule has 1 aliphatic heterocycles. The lowest BCUT2D eigenvalue weighted by atomic mass is 9.98. The minimum Gasteiger partial charge on any atom is -0.368 e. The van der Waals surface area contributed by atoms with Crippen molar-refractivity contribution < 1.29 is 9.18 Å². The highest BCUT2D eigenvalue weighted by atomic mass is 79.9. The highest BCUT2D eigenvalue weighted by Gasteiger charge is 2.31. The number of rotatable bonds is 4.